The summed E-state index contributed by atoms with van der Waals surface area (Å²) in [6, 6.07) is 5.53. The van der Waals surface area contributed by atoms with E-state index in [1.807, 2.05) is 24.0 Å². The van der Waals surface area contributed by atoms with Gasteiger partial charge in [0, 0.05) is 6.54 Å². The Morgan fingerprint density at radius 2 is 2.10 bits per heavy atom. The van der Waals surface area contributed by atoms with Crippen molar-refractivity contribution in [1.82, 2.24) is 4.90 Å². The summed E-state index contributed by atoms with van der Waals surface area (Å²) >= 11 is 6.11. The van der Waals surface area contributed by atoms with Crippen molar-refractivity contribution in [3.05, 3.63) is 28.8 Å². The number of benzene rings is 1. The van der Waals surface area contributed by atoms with E-state index in [1.54, 1.807) is 6.07 Å². The van der Waals surface area contributed by atoms with Crippen molar-refractivity contribution in [3.8, 4) is 0 Å². The van der Waals surface area contributed by atoms with E-state index in [4.69, 9.17) is 16.7 Å². The number of unbranched alkanes of at least 4 members (excludes halogenated alkanes) is 2. The van der Waals surface area contributed by atoms with E-state index in [0.29, 0.717) is 17.3 Å². The summed E-state index contributed by atoms with van der Waals surface area (Å²) < 4.78 is 0. The molecule has 0 aliphatic heterocycles. The van der Waals surface area contributed by atoms with Crippen LogP contribution < -0.4 is 5.32 Å². The normalized spacial score (nSPS) is 10.9. The van der Waals surface area contributed by atoms with Gasteiger partial charge in [0.05, 0.1) is 23.9 Å². The van der Waals surface area contributed by atoms with Crippen LogP contribution >= 0.6 is 11.6 Å². The van der Waals surface area contributed by atoms with Crippen molar-refractivity contribution in [2.24, 2.45) is 0 Å². The molecule has 1 rings (SSSR count). The average Bonchev–Trinajstić information content (AvgIpc) is 2.43. The van der Waals surface area contributed by atoms with Gasteiger partial charge >= 0.3 is 0 Å². The van der Waals surface area contributed by atoms with Gasteiger partial charge in [-0.2, -0.15) is 0 Å². The van der Waals surface area contributed by atoms with Gasteiger partial charge in [-0.1, -0.05) is 43.5 Å². The molecule has 0 aliphatic carbocycles. The SMILES string of the molecule is CCCCCN(CCO)CC(=O)Nc1c(C)cccc1Cl. The largest absolute Gasteiger partial charge is 0.395 e. The second-order valence-electron chi connectivity index (χ2n) is 5.19. The second-order valence-corrected chi connectivity index (χ2v) is 5.59. The number of halogens is 1. The number of amides is 1. The maximum atomic E-state index is 12.1. The van der Waals surface area contributed by atoms with Gasteiger partial charge in [-0.25, -0.2) is 0 Å². The Bertz CT molecular complexity index is 432. The molecule has 2 N–H and O–H groups in total. The number of nitrogens with zero attached hydrogens (tertiary/aromatic N) is 1. The lowest BCUT2D eigenvalue weighted by Gasteiger charge is -2.21. The second kappa shape index (κ2) is 9.77. The number of hydrogen-bond donors (Lipinski definition) is 2. The van der Waals surface area contributed by atoms with Gasteiger partial charge in [0.1, 0.15) is 0 Å². The minimum absolute atomic E-state index is 0.0600. The van der Waals surface area contributed by atoms with Crippen LogP contribution in [-0.2, 0) is 4.79 Å². The number of rotatable bonds is 9. The molecule has 0 fully saturated rings. The Morgan fingerprint density at radius 3 is 2.71 bits per heavy atom. The third-order valence-corrected chi connectivity index (χ3v) is 3.66. The van der Waals surface area contributed by atoms with Crippen LogP contribution in [0, 0.1) is 6.92 Å². The number of para-hydroxylation sites is 1. The lowest BCUT2D eigenvalue weighted by Crippen LogP contribution is -2.36. The molecule has 1 aromatic rings. The topological polar surface area (TPSA) is 52.6 Å². The third-order valence-electron chi connectivity index (χ3n) is 3.35. The smallest absolute Gasteiger partial charge is 0.238 e. The summed E-state index contributed by atoms with van der Waals surface area (Å²) in [6.07, 6.45) is 3.31. The molecular weight excluding hydrogens is 288 g/mol. The molecule has 0 heterocycles. The number of aryl methyl sites for hydroxylation is 1. The molecule has 0 spiro atoms. The first kappa shape index (κ1) is 18.0. The average molecular weight is 313 g/mol. The van der Waals surface area contributed by atoms with Crippen molar-refractivity contribution in [2.45, 2.75) is 33.1 Å². The van der Waals surface area contributed by atoms with Crippen molar-refractivity contribution in [2.75, 3.05) is 31.6 Å². The fraction of sp³-hybridized carbons (Fsp3) is 0.562. The molecular formula is C16H25ClN2O2. The fourth-order valence-corrected chi connectivity index (χ4v) is 2.44. The zero-order valence-electron chi connectivity index (χ0n) is 12.9. The molecule has 0 aromatic heterocycles. The molecule has 5 heteroatoms. The summed E-state index contributed by atoms with van der Waals surface area (Å²) in [6.45, 7) is 5.72. The highest BCUT2D eigenvalue weighted by atomic mass is 35.5. The lowest BCUT2D eigenvalue weighted by atomic mass is 10.2. The lowest BCUT2D eigenvalue weighted by molar-refractivity contribution is -0.117. The minimum Gasteiger partial charge on any atom is -0.395 e. The number of aliphatic hydroxyl groups is 1. The summed E-state index contributed by atoms with van der Waals surface area (Å²) in [7, 11) is 0. The van der Waals surface area contributed by atoms with Gasteiger partial charge in [0.15, 0.2) is 0 Å². The number of hydrogen-bond acceptors (Lipinski definition) is 3. The zero-order valence-corrected chi connectivity index (χ0v) is 13.6. The molecule has 0 saturated carbocycles. The summed E-state index contributed by atoms with van der Waals surface area (Å²) in [5.41, 5.74) is 1.61. The van der Waals surface area contributed by atoms with Crippen LogP contribution in [0.1, 0.15) is 31.7 Å². The highest BCUT2D eigenvalue weighted by Crippen LogP contribution is 2.25. The third kappa shape index (κ3) is 6.46. The van der Waals surface area contributed by atoms with E-state index in [2.05, 4.69) is 12.2 Å². The van der Waals surface area contributed by atoms with E-state index in [-0.39, 0.29) is 19.1 Å². The molecule has 1 amide bonds. The van der Waals surface area contributed by atoms with Crippen LogP contribution in [-0.4, -0.2) is 42.2 Å². The van der Waals surface area contributed by atoms with E-state index in [1.165, 1.54) is 0 Å². The molecule has 21 heavy (non-hydrogen) atoms. The van der Waals surface area contributed by atoms with Crippen LogP contribution in [0.15, 0.2) is 18.2 Å². The Kier molecular flexibility index (Phi) is 8.35. The molecule has 4 nitrogen and oxygen atoms in total. The van der Waals surface area contributed by atoms with E-state index in [0.717, 1.165) is 31.4 Å². The van der Waals surface area contributed by atoms with Crippen molar-refractivity contribution in [1.29, 1.82) is 0 Å². The monoisotopic (exact) mass is 312 g/mol. The zero-order chi connectivity index (χ0) is 15.7. The number of carbonyl (C=O) groups excluding carboxylic acids is 1. The first-order valence-electron chi connectivity index (χ1n) is 7.46. The molecule has 0 saturated heterocycles. The highest BCUT2D eigenvalue weighted by molar-refractivity contribution is 6.33. The predicted octanol–water partition coefficient (Wildman–Crippen LogP) is 3.07. The van der Waals surface area contributed by atoms with Crippen molar-refractivity contribution in [3.63, 3.8) is 0 Å². The molecule has 0 unspecified atom stereocenters. The predicted molar refractivity (Wildman–Crippen MR) is 87.9 cm³/mol. The van der Waals surface area contributed by atoms with Crippen LogP contribution in [0.25, 0.3) is 0 Å². The Hall–Kier alpha value is -1.10. The van der Waals surface area contributed by atoms with Gasteiger partial charge in [0.2, 0.25) is 5.91 Å². The highest BCUT2D eigenvalue weighted by Gasteiger charge is 2.12. The van der Waals surface area contributed by atoms with Crippen LogP contribution in [0.3, 0.4) is 0 Å². The number of nitrogens with one attached hydrogen (secondary N) is 1. The van der Waals surface area contributed by atoms with Crippen LogP contribution in [0.2, 0.25) is 5.02 Å². The van der Waals surface area contributed by atoms with Crippen molar-refractivity contribution >= 4 is 23.2 Å². The molecule has 0 aliphatic rings. The van der Waals surface area contributed by atoms with Gasteiger partial charge in [0.25, 0.3) is 0 Å². The van der Waals surface area contributed by atoms with Gasteiger partial charge in [-0.15, -0.1) is 0 Å². The molecule has 118 valence electrons. The van der Waals surface area contributed by atoms with Crippen LogP contribution in [0.4, 0.5) is 5.69 Å². The fourth-order valence-electron chi connectivity index (χ4n) is 2.17. The number of aliphatic hydroxyl groups excluding tert-OH is 1. The molecule has 0 radical (unpaired) electrons. The Balaban J connectivity index is 2.56. The number of carbonyl (C=O) groups is 1. The van der Waals surface area contributed by atoms with E-state index >= 15 is 0 Å². The summed E-state index contributed by atoms with van der Waals surface area (Å²) in [5, 5.41) is 12.5. The van der Waals surface area contributed by atoms with Crippen LogP contribution in [0.5, 0.6) is 0 Å². The quantitative estimate of drug-likeness (QED) is 0.689. The standard InChI is InChI=1S/C16H25ClN2O2/c1-3-4-5-9-19(10-11-20)12-15(21)18-16-13(2)7-6-8-14(16)17/h6-8,20H,3-5,9-12H2,1-2H3,(H,18,21). The minimum atomic E-state index is -0.101. The maximum Gasteiger partial charge on any atom is 0.238 e. The van der Waals surface area contributed by atoms with Crippen molar-refractivity contribution < 1.29 is 9.90 Å². The Morgan fingerprint density at radius 1 is 1.33 bits per heavy atom. The van der Waals surface area contributed by atoms with Gasteiger partial charge in [-0.3, -0.25) is 9.69 Å². The molecule has 1 aromatic carbocycles. The first-order valence-corrected chi connectivity index (χ1v) is 7.84. The molecule has 0 bridgehead atoms. The summed E-state index contributed by atoms with van der Waals surface area (Å²) in [5.74, 6) is -0.101. The first-order chi connectivity index (χ1) is 10.1. The Labute approximate surface area is 132 Å². The summed E-state index contributed by atoms with van der Waals surface area (Å²) in [4.78, 5) is 14.1. The maximum absolute atomic E-state index is 12.1. The van der Waals surface area contributed by atoms with Gasteiger partial charge in [-0.05, 0) is 31.5 Å². The van der Waals surface area contributed by atoms with Gasteiger partial charge < -0.3 is 10.4 Å². The number of anilines is 1. The van der Waals surface area contributed by atoms with E-state index in [9.17, 15) is 4.79 Å². The molecule has 0 atom stereocenters. The van der Waals surface area contributed by atoms with E-state index < -0.39 is 0 Å².